The van der Waals surface area contributed by atoms with Crippen LogP contribution in [0, 0.1) is 10.1 Å². The van der Waals surface area contributed by atoms with Gasteiger partial charge >= 0.3 is 0 Å². The maximum atomic E-state index is 10.7. The molecular formula is C12H8N4O2. The molecule has 1 N–H and O–H groups in total. The summed E-state index contributed by atoms with van der Waals surface area (Å²) in [6.45, 7) is 0. The van der Waals surface area contributed by atoms with Crippen molar-refractivity contribution in [3.8, 4) is 11.3 Å². The van der Waals surface area contributed by atoms with Gasteiger partial charge in [0, 0.05) is 35.5 Å². The van der Waals surface area contributed by atoms with E-state index in [-0.39, 0.29) is 5.69 Å². The van der Waals surface area contributed by atoms with Gasteiger partial charge in [-0.05, 0) is 18.2 Å². The van der Waals surface area contributed by atoms with E-state index in [1.54, 1.807) is 18.5 Å². The van der Waals surface area contributed by atoms with Crippen molar-refractivity contribution in [1.82, 2.24) is 15.2 Å². The van der Waals surface area contributed by atoms with Crippen LogP contribution in [0.3, 0.4) is 0 Å². The van der Waals surface area contributed by atoms with Crippen molar-refractivity contribution >= 4 is 16.6 Å². The van der Waals surface area contributed by atoms with Gasteiger partial charge in [-0.15, -0.1) is 0 Å². The highest BCUT2D eigenvalue weighted by Crippen LogP contribution is 2.27. The average Bonchev–Trinajstić information content (AvgIpc) is 2.82. The quantitative estimate of drug-likeness (QED) is 0.551. The van der Waals surface area contributed by atoms with Gasteiger partial charge in [-0.25, -0.2) is 0 Å². The molecule has 0 aliphatic heterocycles. The first-order valence-corrected chi connectivity index (χ1v) is 5.28. The first-order chi connectivity index (χ1) is 8.75. The summed E-state index contributed by atoms with van der Waals surface area (Å²) in [7, 11) is 0. The molecule has 6 nitrogen and oxygen atoms in total. The third-order valence-electron chi connectivity index (χ3n) is 2.69. The molecule has 2 aromatic heterocycles. The van der Waals surface area contributed by atoms with Crippen LogP contribution in [0.1, 0.15) is 0 Å². The second-order valence-corrected chi connectivity index (χ2v) is 3.80. The monoisotopic (exact) mass is 240 g/mol. The Labute approximate surface area is 101 Å². The maximum absolute atomic E-state index is 10.7. The number of nitro groups is 1. The van der Waals surface area contributed by atoms with E-state index in [2.05, 4.69) is 15.2 Å². The summed E-state index contributed by atoms with van der Waals surface area (Å²) in [6, 6.07) is 8.35. The number of aromatic nitrogens is 3. The van der Waals surface area contributed by atoms with Gasteiger partial charge in [0.2, 0.25) is 0 Å². The highest BCUT2D eigenvalue weighted by Gasteiger charge is 2.12. The third-order valence-corrected chi connectivity index (χ3v) is 2.69. The number of hydrogen-bond acceptors (Lipinski definition) is 4. The smallest absolute Gasteiger partial charge is 0.271 e. The Balaban J connectivity index is 2.19. The zero-order valence-electron chi connectivity index (χ0n) is 9.20. The largest absolute Gasteiger partial charge is 0.277 e. The number of fused-ring (bicyclic) bond motifs is 1. The number of nitro benzene ring substituents is 1. The second-order valence-electron chi connectivity index (χ2n) is 3.80. The Kier molecular flexibility index (Phi) is 2.26. The molecule has 88 valence electrons. The molecule has 2 heterocycles. The van der Waals surface area contributed by atoms with E-state index in [4.69, 9.17) is 0 Å². The van der Waals surface area contributed by atoms with Gasteiger partial charge in [0.05, 0.1) is 10.4 Å². The molecule has 3 rings (SSSR count). The highest BCUT2D eigenvalue weighted by molar-refractivity contribution is 5.93. The van der Waals surface area contributed by atoms with Crippen molar-refractivity contribution in [2.75, 3.05) is 0 Å². The van der Waals surface area contributed by atoms with Crippen LogP contribution in [0.4, 0.5) is 5.69 Å². The molecule has 0 amide bonds. The Bertz CT molecular complexity index is 721. The first-order valence-electron chi connectivity index (χ1n) is 5.28. The molecular weight excluding hydrogens is 232 g/mol. The molecule has 0 atom stereocenters. The molecule has 0 radical (unpaired) electrons. The lowest BCUT2D eigenvalue weighted by atomic mass is 10.1. The standard InChI is InChI=1S/C12H8N4O2/c17-16(18)9-3-4-10-11(6-9)14-15-12(10)8-2-1-5-13-7-8/h1-7H,(H,14,15). The van der Waals surface area contributed by atoms with Crippen LogP contribution in [-0.4, -0.2) is 20.1 Å². The number of nitrogens with zero attached hydrogens (tertiary/aromatic N) is 3. The van der Waals surface area contributed by atoms with Crippen LogP contribution in [0.5, 0.6) is 0 Å². The minimum atomic E-state index is -0.427. The molecule has 0 aliphatic carbocycles. The van der Waals surface area contributed by atoms with Crippen LogP contribution in [0.25, 0.3) is 22.2 Å². The molecule has 0 spiro atoms. The van der Waals surface area contributed by atoms with Crippen LogP contribution >= 0.6 is 0 Å². The Morgan fingerprint density at radius 3 is 2.89 bits per heavy atom. The van der Waals surface area contributed by atoms with E-state index in [0.29, 0.717) is 5.52 Å². The predicted octanol–water partition coefficient (Wildman–Crippen LogP) is 2.53. The molecule has 0 bridgehead atoms. The van der Waals surface area contributed by atoms with Gasteiger partial charge in [0.1, 0.15) is 5.69 Å². The summed E-state index contributed by atoms with van der Waals surface area (Å²) in [6.07, 6.45) is 3.39. The normalized spacial score (nSPS) is 10.7. The van der Waals surface area contributed by atoms with Crippen LogP contribution in [0.15, 0.2) is 42.7 Å². The summed E-state index contributed by atoms with van der Waals surface area (Å²) >= 11 is 0. The SMILES string of the molecule is O=[N+]([O-])c1ccc2c(-c3cccnc3)n[nH]c2c1. The number of non-ortho nitro benzene ring substituents is 1. The van der Waals surface area contributed by atoms with E-state index in [1.807, 2.05) is 12.1 Å². The number of nitrogens with one attached hydrogen (secondary N) is 1. The summed E-state index contributed by atoms with van der Waals surface area (Å²) in [5.41, 5.74) is 2.30. The second kappa shape index (κ2) is 3.92. The summed E-state index contributed by atoms with van der Waals surface area (Å²) < 4.78 is 0. The number of rotatable bonds is 2. The first kappa shape index (κ1) is 10.4. The molecule has 3 aromatic rings. The summed E-state index contributed by atoms with van der Waals surface area (Å²) in [4.78, 5) is 14.3. The van der Waals surface area contributed by atoms with E-state index in [0.717, 1.165) is 16.6 Å². The van der Waals surface area contributed by atoms with Crippen molar-refractivity contribution < 1.29 is 4.92 Å². The molecule has 18 heavy (non-hydrogen) atoms. The van der Waals surface area contributed by atoms with Gasteiger partial charge in [-0.3, -0.25) is 20.2 Å². The van der Waals surface area contributed by atoms with E-state index in [1.165, 1.54) is 12.1 Å². The number of H-pyrrole nitrogens is 1. The molecule has 0 unspecified atom stereocenters. The van der Waals surface area contributed by atoms with E-state index < -0.39 is 4.92 Å². The van der Waals surface area contributed by atoms with Crippen molar-refractivity contribution in [3.05, 3.63) is 52.8 Å². The number of hydrogen-bond donors (Lipinski definition) is 1. The molecule has 6 heteroatoms. The van der Waals surface area contributed by atoms with Gasteiger partial charge < -0.3 is 0 Å². The molecule has 0 fully saturated rings. The van der Waals surface area contributed by atoms with Crippen LogP contribution < -0.4 is 0 Å². The van der Waals surface area contributed by atoms with Gasteiger partial charge in [-0.1, -0.05) is 0 Å². The lowest BCUT2D eigenvalue weighted by molar-refractivity contribution is -0.384. The van der Waals surface area contributed by atoms with Gasteiger partial charge in [0.25, 0.3) is 5.69 Å². The van der Waals surface area contributed by atoms with Crippen molar-refractivity contribution in [3.63, 3.8) is 0 Å². The molecule has 0 saturated carbocycles. The predicted molar refractivity (Wildman–Crippen MR) is 66.0 cm³/mol. The molecule has 1 aromatic carbocycles. The lowest BCUT2D eigenvalue weighted by Crippen LogP contribution is -1.86. The fraction of sp³-hybridized carbons (Fsp3) is 0. The van der Waals surface area contributed by atoms with E-state index >= 15 is 0 Å². The van der Waals surface area contributed by atoms with Crippen molar-refractivity contribution in [2.45, 2.75) is 0 Å². The zero-order valence-corrected chi connectivity index (χ0v) is 9.20. The number of aromatic amines is 1. The van der Waals surface area contributed by atoms with E-state index in [9.17, 15) is 10.1 Å². The zero-order chi connectivity index (χ0) is 12.5. The fourth-order valence-corrected chi connectivity index (χ4v) is 1.84. The Morgan fingerprint density at radius 2 is 2.17 bits per heavy atom. The summed E-state index contributed by atoms with van der Waals surface area (Å²) in [5.74, 6) is 0. The topological polar surface area (TPSA) is 84.7 Å². The minimum absolute atomic E-state index is 0.0453. The number of pyridine rings is 1. The maximum Gasteiger partial charge on any atom is 0.271 e. The fourth-order valence-electron chi connectivity index (χ4n) is 1.84. The average molecular weight is 240 g/mol. The van der Waals surface area contributed by atoms with Crippen LogP contribution in [0.2, 0.25) is 0 Å². The third kappa shape index (κ3) is 1.60. The Morgan fingerprint density at radius 1 is 1.28 bits per heavy atom. The Hall–Kier alpha value is -2.76. The van der Waals surface area contributed by atoms with Crippen LogP contribution in [-0.2, 0) is 0 Å². The number of benzene rings is 1. The highest BCUT2D eigenvalue weighted by atomic mass is 16.6. The molecule has 0 saturated heterocycles. The lowest BCUT2D eigenvalue weighted by Gasteiger charge is -1.96. The van der Waals surface area contributed by atoms with Crippen molar-refractivity contribution in [1.29, 1.82) is 0 Å². The minimum Gasteiger partial charge on any atom is -0.277 e. The molecule has 0 aliphatic rings. The van der Waals surface area contributed by atoms with Gasteiger partial charge in [0.15, 0.2) is 0 Å². The summed E-state index contributed by atoms with van der Waals surface area (Å²) in [5, 5.41) is 18.5. The van der Waals surface area contributed by atoms with Gasteiger partial charge in [-0.2, -0.15) is 5.10 Å². The van der Waals surface area contributed by atoms with Crippen molar-refractivity contribution in [2.24, 2.45) is 0 Å².